The third-order valence-corrected chi connectivity index (χ3v) is 3.68. The highest BCUT2D eigenvalue weighted by Crippen LogP contribution is 2.34. The van der Waals surface area contributed by atoms with Gasteiger partial charge in [0.1, 0.15) is 11.5 Å². The molecule has 4 nitrogen and oxygen atoms in total. The Balaban J connectivity index is 0.00000147. The zero-order chi connectivity index (χ0) is 13.2. The predicted octanol–water partition coefficient (Wildman–Crippen LogP) is 4.05. The van der Waals surface area contributed by atoms with Crippen LogP contribution in [0.4, 0.5) is 11.4 Å². The number of nitrogens with one attached hydrogen (secondary N) is 2. The smallest absolute Gasteiger partial charge is 0.124 e. The van der Waals surface area contributed by atoms with Gasteiger partial charge in [0.25, 0.3) is 0 Å². The average molecular weight is 291 g/mol. The normalized spacial score (nSPS) is 13.1. The summed E-state index contributed by atoms with van der Waals surface area (Å²) in [7, 11) is 0. The average Bonchev–Trinajstić information content (AvgIpc) is 2.48. The van der Waals surface area contributed by atoms with Crippen LogP contribution in [0.25, 0.3) is 10.9 Å². The van der Waals surface area contributed by atoms with Gasteiger partial charge in [0.05, 0.1) is 17.4 Å². The summed E-state index contributed by atoms with van der Waals surface area (Å²) in [6, 6.07) is 8.09. The standard InChI is InChI=1S/C15H18N4.ClH/c1-3-10(4-2)15-17-13-9-16-12-8-6-5-7-11(12)14(13)18-19-15;/h5-10,18H,3-4H2,1-2H3,(H,17,19);1H. The molecular formula is C15H19ClN4. The van der Waals surface area contributed by atoms with Gasteiger partial charge in [0, 0.05) is 11.3 Å². The monoisotopic (exact) mass is 290 g/mol. The Morgan fingerprint density at radius 2 is 1.85 bits per heavy atom. The molecule has 5 heteroatoms. The molecule has 0 radical (unpaired) electrons. The molecular weight excluding hydrogens is 272 g/mol. The first-order valence-electron chi connectivity index (χ1n) is 6.81. The Kier molecular flexibility index (Phi) is 4.45. The van der Waals surface area contributed by atoms with Crippen LogP contribution < -0.4 is 10.9 Å². The Morgan fingerprint density at radius 3 is 2.60 bits per heavy atom. The highest BCUT2D eigenvalue weighted by atomic mass is 35.5. The molecule has 2 N–H and O–H groups in total. The fourth-order valence-corrected chi connectivity index (χ4v) is 2.50. The topological polar surface area (TPSA) is 49.3 Å². The van der Waals surface area contributed by atoms with E-state index in [1.54, 1.807) is 0 Å². The molecule has 1 aliphatic heterocycles. The number of fused-ring (bicyclic) bond motifs is 3. The van der Waals surface area contributed by atoms with E-state index in [0.29, 0.717) is 5.92 Å². The zero-order valence-electron chi connectivity index (χ0n) is 11.7. The SMILES string of the molecule is CCC(CC)C1=Nc2cnc3ccccc3c2NN1.Cl. The van der Waals surface area contributed by atoms with Crippen LogP contribution in [-0.4, -0.2) is 10.8 Å². The van der Waals surface area contributed by atoms with E-state index in [1.807, 2.05) is 24.4 Å². The van der Waals surface area contributed by atoms with Crippen LogP contribution in [0.5, 0.6) is 0 Å². The van der Waals surface area contributed by atoms with Gasteiger partial charge in [0.15, 0.2) is 0 Å². The Labute approximate surface area is 125 Å². The third-order valence-electron chi connectivity index (χ3n) is 3.68. The van der Waals surface area contributed by atoms with Gasteiger partial charge in [-0.1, -0.05) is 32.0 Å². The van der Waals surface area contributed by atoms with Crippen molar-refractivity contribution in [2.24, 2.45) is 10.9 Å². The van der Waals surface area contributed by atoms with Crippen molar-refractivity contribution in [2.75, 3.05) is 5.43 Å². The van der Waals surface area contributed by atoms with Crippen LogP contribution in [-0.2, 0) is 0 Å². The first-order valence-corrected chi connectivity index (χ1v) is 6.81. The van der Waals surface area contributed by atoms with Crippen LogP contribution in [0.15, 0.2) is 35.5 Å². The maximum atomic E-state index is 4.72. The van der Waals surface area contributed by atoms with Gasteiger partial charge in [0.2, 0.25) is 0 Å². The summed E-state index contributed by atoms with van der Waals surface area (Å²) in [6.07, 6.45) is 4.01. The molecule has 0 aliphatic carbocycles. The number of anilines is 1. The van der Waals surface area contributed by atoms with Crippen molar-refractivity contribution >= 4 is 40.5 Å². The van der Waals surface area contributed by atoms with Gasteiger partial charge in [-0.25, -0.2) is 4.99 Å². The number of para-hydroxylation sites is 1. The highest BCUT2D eigenvalue weighted by molar-refractivity contribution is 6.02. The van der Waals surface area contributed by atoms with E-state index in [0.717, 1.165) is 41.0 Å². The quantitative estimate of drug-likeness (QED) is 0.896. The first-order chi connectivity index (χ1) is 9.33. The molecule has 0 saturated carbocycles. The largest absolute Gasteiger partial charge is 0.297 e. The maximum absolute atomic E-state index is 4.72. The molecule has 0 bridgehead atoms. The second-order valence-electron chi connectivity index (χ2n) is 4.80. The van der Waals surface area contributed by atoms with E-state index < -0.39 is 0 Å². The lowest BCUT2D eigenvalue weighted by atomic mass is 10.0. The summed E-state index contributed by atoms with van der Waals surface area (Å²) in [5.41, 5.74) is 9.44. The van der Waals surface area contributed by atoms with Gasteiger partial charge in [-0.3, -0.25) is 15.8 Å². The van der Waals surface area contributed by atoms with Crippen molar-refractivity contribution < 1.29 is 0 Å². The second-order valence-corrected chi connectivity index (χ2v) is 4.80. The summed E-state index contributed by atoms with van der Waals surface area (Å²) in [5.74, 6) is 1.47. The number of hydrogen-bond donors (Lipinski definition) is 2. The van der Waals surface area contributed by atoms with Gasteiger partial charge in [-0.05, 0) is 18.9 Å². The van der Waals surface area contributed by atoms with E-state index >= 15 is 0 Å². The summed E-state index contributed by atoms with van der Waals surface area (Å²) >= 11 is 0. The number of pyridine rings is 1. The van der Waals surface area contributed by atoms with Gasteiger partial charge in [-0.2, -0.15) is 0 Å². The molecule has 1 aromatic heterocycles. The minimum absolute atomic E-state index is 0. The van der Waals surface area contributed by atoms with E-state index in [2.05, 4.69) is 35.7 Å². The third kappa shape index (κ3) is 2.43. The van der Waals surface area contributed by atoms with Crippen molar-refractivity contribution in [2.45, 2.75) is 26.7 Å². The summed E-state index contributed by atoms with van der Waals surface area (Å²) in [4.78, 5) is 9.18. The van der Waals surface area contributed by atoms with E-state index in [4.69, 9.17) is 4.99 Å². The molecule has 1 aliphatic rings. The first kappa shape index (κ1) is 14.6. The predicted molar refractivity (Wildman–Crippen MR) is 86.9 cm³/mol. The van der Waals surface area contributed by atoms with Crippen molar-refractivity contribution in [1.82, 2.24) is 10.4 Å². The number of aromatic nitrogens is 1. The summed E-state index contributed by atoms with van der Waals surface area (Å²) in [5, 5.41) is 1.10. The molecule has 106 valence electrons. The summed E-state index contributed by atoms with van der Waals surface area (Å²) < 4.78 is 0. The molecule has 2 aromatic rings. The fourth-order valence-electron chi connectivity index (χ4n) is 2.50. The molecule has 1 aromatic carbocycles. The molecule has 20 heavy (non-hydrogen) atoms. The number of halogens is 1. The fraction of sp³-hybridized carbons (Fsp3) is 0.333. The minimum atomic E-state index is 0. The second kappa shape index (κ2) is 6.09. The van der Waals surface area contributed by atoms with Crippen molar-refractivity contribution in [3.05, 3.63) is 30.5 Å². The lowest BCUT2D eigenvalue weighted by Crippen LogP contribution is -2.37. The number of benzene rings is 1. The number of hydrogen-bond acceptors (Lipinski definition) is 4. The molecule has 0 saturated heterocycles. The number of amidine groups is 1. The number of aliphatic imine (C=N–C) groups is 1. The molecule has 2 heterocycles. The Bertz CT molecular complexity index is 635. The molecule has 0 unspecified atom stereocenters. The lowest BCUT2D eigenvalue weighted by molar-refractivity contribution is 0.624. The van der Waals surface area contributed by atoms with Crippen LogP contribution >= 0.6 is 12.4 Å². The Hall–Kier alpha value is -1.81. The van der Waals surface area contributed by atoms with Gasteiger partial charge < -0.3 is 0 Å². The maximum Gasteiger partial charge on any atom is 0.124 e. The zero-order valence-corrected chi connectivity index (χ0v) is 12.5. The van der Waals surface area contributed by atoms with Crippen LogP contribution in [0.3, 0.4) is 0 Å². The van der Waals surface area contributed by atoms with Crippen LogP contribution in [0.1, 0.15) is 26.7 Å². The molecule has 0 amide bonds. The number of hydrazine groups is 1. The Morgan fingerprint density at radius 1 is 1.10 bits per heavy atom. The molecule has 0 spiro atoms. The van der Waals surface area contributed by atoms with Crippen LogP contribution in [0.2, 0.25) is 0 Å². The van der Waals surface area contributed by atoms with Gasteiger partial charge >= 0.3 is 0 Å². The number of rotatable bonds is 3. The van der Waals surface area contributed by atoms with Crippen molar-refractivity contribution in [1.29, 1.82) is 0 Å². The van der Waals surface area contributed by atoms with Crippen molar-refractivity contribution in [3.8, 4) is 0 Å². The number of nitrogens with zero attached hydrogens (tertiary/aromatic N) is 2. The molecule has 0 fully saturated rings. The highest BCUT2D eigenvalue weighted by Gasteiger charge is 2.18. The van der Waals surface area contributed by atoms with E-state index in [-0.39, 0.29) is 12.4 Å². The van der Waals surface area contributed by atoms with E-state index in [9.17, 15) is 0 Å². The lowest BCUT2D eigenvalue weighted by Gasteiger charge is -2.24. The summed E-state index contributed by atoms with van der Waals surface area (Å²) in [6.45, 7) is 4.37. The van der Waals surface area contributed by atoms with Crippen LogP contribution in [0, 0.1) is 5.92 Å². The van der Waals surface area contributed by atoms with E-state index in [1.165, 1.54) is 0 Å². The van der Waals surface area contributed by atoms with Gasteiger partial charge in [-0.15, -0.1) is 12.4 Å². The van der Waals surface area contributed by atoms with Crippen molar-refractivity contribution in [3.63, 3.8) is 0 Å². The molecule has 0 atom stereocenters. The minimum Gasteiger partial charge on any atom is -0.297 e. The molecule has 3 rings (SSSR count).